The van der Waals surface area contributed by atoms with Gasteiger partial charge in [0.2, 0.25) is 0 Å². The van der Waals surface area contributed by atoms with Crippen LogP contribution in [0.3, 0.4) is 0 Å². The van der Waals surface area contributed by atoms with E-state index in [-0.39, 0.29) is 5.92 Å². The molecule has 0 radical (unpaired) electrons. The van der Waals surface area contributed by atoms with Crippen LogP contribution >= 0.6 is 0 Å². The van der Waals surface area contributed by atoms with E-state index < -0.39 is 11.7 Å². The van der Waals surface area contributed by atoms with E-state index in [0.29, 0.717) is 18.0 Å². The number of nitrogens with zero attached hydrogens (tertiary/aromatic N) is 2. The van der Waals surface area contributed by atoms with Crippen LogP contribution in [0, 0.1) is 5.92 Å². The number of hydrogen-bond acceptors (Lipinski definition) is 2. The fourth-order valence-electron chi connectivity index (χ4n) is 3.42. The summed E-state index contributed by atoms with van der Waals surface area (Å²) in [6.45, 7) is 9.04. The summed E-state index contributed by atoms with van der Waals surface area (Å²) in [7, 11) is 1.73. The van der Waals surface area contributed by atoms with Crippen molar-refractivity contribution in [2.45, 2.75) is 38.8 Å². The molecule has 0 aromatic heterocycles. The van der Waals surface area contributed by atoms with Crippen LogP contribution in [0.25, 0.3) is 0 Å². The Kier molecular flexibility index (Phi) is 7.95. The van der Waals surface area contributed by atoms with E-state index in [4.69, 9.17) is 0 Å². The van der Waals surface area contributed by atoms with Gasteiger partial charge < -0.3 is 15.5 Å². The Morgan fingerprint density at radius 3 is 2.74 bits per heavy atom. The highest BCUT2D eigenvalue weighted by Gasteiger charge is 2.30. The molecule has 1 aliphatic rings. The number of nitrogens with one attached hydrogen (secondary N) is 2. The zero-order chi connectivity index (χ0) is 19.9. The fraction of sp³-hybridized carbons (Fsp3) is 0.650. The maximum absolute atomic E-state index is 12.9. The molecule has 0 saturated carbocycles. The normalized spacial score (nSPS) is 19.9. The molecule has 7 heteroatoms. The number of aliphatic imine (C=N–C) groups is 1. The van der Waals surface area contributed by atoms with Crippen molar-refractivity contribution in [3.05, 3.63) is 35.4 Å². The third-order valence-electron chi connectivity index (χ3n) is 5.25. The van der Waals surface area contributed by atoms with Gasteiger partial charge in [0.05, 0.1) is 5.56 Å². The van der Waals surface area contributed by atoms with Crippen LogP contribution in [0.15, 0.2) is 29.3 Å². The highest BCUT2D eigenvalue weighted by atomic mass is 19.4. The second-order valence-electron chi connectivity index (χ2n) is 7.24. The van der Waals surface area contributed by atoms with Gasteiger partial charge in [-0.3, -0.25) is 4.99 Å². The Balaban J connectivity index is 1.75. The summed E-state index contributed by atoms with van der Waals surface area (Å²) in [4.78, 5) is 6.68. The largest absolute Gasteiger partial charge is 0.416 e. The first kappa shape index (κ1) is 21.5. The summed E-state index contributed by atoms with van der Waals surface area (Å²) >= 11 is 0. The molecule has 152 valence electrons. The molecule has 0 aliphatic carbocycles. The lowest BCUT2D eigenvalue weighted by atomic mass is 9.96. The molecule has 1 fully saturated rings. The summed E-state index contributed by atoms with van der Waals surface area (Å²) in [5.74, 6) is 1.42. The molecular weight excluding hydrogens is 353 g/mol. The van der Waals surface area contributed by atoms with E-state index in [1.54, 1.807) is 13.1 Å². The van der Waals surface area contributed by atoms with Gasteiger partial charge in [-0.2, -0.15) is 13.2 Å². The molecule has 2 rings (SSSR count). The first-order chi connectivity index (χ1) is 12.8. The molecule has 1 aliphatic heterocycles. The number of hydrogen-bond donors (Lipinski definition) is 2. The Morgan fingerprint density at radius 2 is 2.11 bits per heavy atom. The van der Waals surface area contributed by atoms with Gasteiger partial charge in [-0.1, -0.05) is 32.0 Å². The van der Waals surface area contributed by atoms with Crippen LogP contribution in [0.1, 0.15) is 43.7 Å². The number of likely N-dealkylation sites (tertiary alicyclic amines) is 1. The number of benzene rings is 1. The second kappa shape index (κ2) is 9.97. The molecule has 1 aromatic rings. The topological polar surface area (TPSA) is 39.7 Å². The van der Waals surface area contributed by atoms with Gasteiger partial charge in [-0.15, -0.1) is 0 Å². The minimum Gasteiger partial charge on any atom is -0.356 e. The van der Waals surface area contributed by atoms with E-state index in [9.17, 15) is 13.2 Å². The monoisotopic (exact) mass is 384 g/mol. The first-order valence-corrected chi connectivity index (χ1v) is 9.67. The molecule has 2 unspecified atom stereocenters. The van der Waals surface area contributed by atoms with Gasteiger partial charge in [0.25, 0.3) is 0 Å². The average molecular weight is 384 g/mol. The van der Waals surface area contributed by atoms with Gasteiger partial charge >= 0.3 is 6.18 Å². The summed E-state index contributed by atoms with van der Waals surface area (Å²) in [6.07, 6.45) is -2.37. The molecule has 1 heterocycles. The minimum atomic E-state index is -4.30. The van der Waals surface area contributed by atoms with Crippen LogP contribution in [0.5, 0.6) is 0 Å². The lowest BCUT2D eigenvalue weighted by molar-refractivity contribution is -0.137. The lowest BCUT2D eigenvalue weighted by Crippen LogP contribution is -2.40. The third-order valence-corrected chi connectivity index (χ3v) is 5.25. The summed E-state index contributed by atoms with van der Waals surface area (Å²) in [5.41, 5.74) is 0.121. The van der Waals surface area contributed by atoms with Gasteiger partial charge in [0.15, 0.2) is 5.96 Å². The highest BCUT2D eigenvalue weighted by molar-refractivity contribution is 5.79. The predicted octanol–water partition coefficient (Wildman–Crippen LogP) is 3.71. The first-order valence-electron chi connectivity index (χ1n) is 9.67. The standard InChI is InChI=1S/C20H31F3N4/c1-4-27-11-9-16(14-27)13-26-19(24-3)25-10-8-15(2)17-6-5-7-18(12-17)20(21,22)23/h5-7,12,15-16H,4,8-11,13-14H2,1-3H3,(H2,24,25,26). The molecule has 2 atom stereocenters. The smallest absolute Gasteiger partial charge is 0.356 e. The quantitative estimate of drug-likeness (QED) is 0.556. The Morgan fingerprint density at radius 1 is 1.33 bits per heavy atom. The zero-order valence-corrected chi connectivity index (χ0v) is 16.4. The second-order valence-corrected chi connectivity index (χ2v) is 7.24. The summed E-state index contributed by atoms with van der Waals surface area (Å²) < 4.78 is 38.6. The fourth-order valence-corrected chi connectivity index (χ4v) is 3.42. The lowest BCUT2D eigenvalue weighted by Gasteiger charge is -2.18. The SMILES string of the molecule is CCN1CCC(CNC(=NC)NCCC(C)c2cccc(C(F)(F)F)c2)C1. The van der Waals surface area contributed by atoms with Crippen molar-refractivity contribution >= 4 is 5.96 Å². The predicted molar refractivity (Wildman–Crippen MR) is 104 cm³/mol. The van der Waals surface area contributed by atoms with Crippen LogP contribution in [0.2, 0.25) is 0 Å². The molecule has 1 aromatic carbocycles. The van der Waals surface area contributed by atoms with Crippen molar-refractivity contribution < 1.29 is 13.2 Å². The molecule has 0 spiro atoms. The van der Waals surface area contributed by atoms with Crippen molar-refractivity contribution in [1.29, 1.82) is 0 Å². The van der Waals surface area contributed by atoms with Crippen LogP contribution in [-0.4, -0.2) is 50.6 Å². The highest BCUT2D eigenvalue weighted by Crippen LogP contribution is 2.31. The van der Waals surface area contributed by atoms with Crippen molar-refractivity contribution in [3.63, 3.8) is 0 Å². The minimum absolute atomic E-state index is 0.0332. The van der Waals surface area contributed by atoms with Gasteiger partial charge in [-0.25, -0.2) is 0 Å². The van der Waals surface area contributed by atoms with Crippen molar-refractivity contribution in [2.75, 3.05) is 39.8 Å². The number of guanidine groups is 1. The van der Waals surface area contributed by atoms with Crippen molar-refractivity contribution in [1.82, 2.24) is 15.5 Å². The molecule has 2 N–H and O–H groups in total. The summed E-state index contributed by atoms with van der Waals surface area (Å²) in [6, 6.07) is 5.59. The zero-order valence-electron chi connectivity index (χ0n) is 16.4. The number of rotatable bonds is 7. The molecule has 27 heavy (non-hydrogen) atoms. The molecule has 4 nitrogen and oxygen atoms in total. The van der Waals surface area contributed by atoms with Gasteiger partial charge in [-0.05, 0) is 49.4 Å². The van der Waals surface area contributed by atoms with Gasteiger partial charge in [0.1, 0.15) is 0 Å². The van der Waals surface area contributed by atoms with Crippen LogP contribution in [-0.2, 0) is 6.18 Å². The number of halogens is 3. The Bertz CT molecular complexity index is 615. The van der Waals surface area contributed by atoms with Crippen molar-refractivity contribution in [2.24, 2.45) is 10.9 Å². The van der Waals surface area contributed by atoms with Crippen LogP contribution < -0.4 is 10.6 Å². The Labute approximate surface area is 160 Å². The molecule has 1 saturated heterocycles. The molecule has 0 amide bonds. The van der Waals surface area contributed by atoms with Crippen molar-refractivity contribution in [3.8, 4) is 0 Å². The third kappa shape index (κ3) is 6.72. The van der Waals surface area contributed by atoms with Gasteiger partial charge in [0, 0.05) is 26.7 Å². The van der Waals surface area contributed by atoms with Crippen LogP contribution in [0.4, 0.5) is 13.2 Å². The maximum Gasteiger partial charge on any atom is 0.416 e. The molecule has 0 bridgehead atoms. The van der Waals surface area contributed by atoms with E-state index in [1.807, 2.05) is 6.92 Å². The van der Waals surface area contributed by atoms with E-state index >= 15 is 0 Å². The summed E-state index contributed by atoms with van der Waals surface area (Å²) in [5, 5.41) is 6.63. The average Bonchev–Trinajstić information content (AvgIpc) is 3.12. The molecular formula is C20H31F3N4. The Hall–Kier alpha value is -1.76. The van der Waals surface area contributed by atoms with E-state index in [1.165, 1.54) is 18.6 Å². The van der Waals surface area contributed by atoms with E-state index in [2.05, 4.69) is 27.4 Å². The maximum atomic E-state index is 12.9. The van der Waals surface area contributed by atoms with E-state index in [0.717, 1.165) is 44.6 Å². The number of alkyl halides is 3.